The number of aromatic nitrogens is 1. The molecular formula is C23H19ClN4O2. The van der Waals surface area contributed by atoms with Crippen LogP contribution in [0.15, 0.2) is 59.0 Å². The summed E-state index contributed by atoms with van der Waals surface area (Å²) in [6, 6.07) is 18.9. The van der Waals surface area contributed by atoms with Gasteiger partial charge < -0.3 is 14.2 Å². The monoisotopic (exact) mass is 418 g/mol. The van der Waals surface area contributed by atoms with Crippen LogP contribution in [0.3, 0.4) is 0 Å². The molecule has 1 saturated heterocycles. The fraction of sp³-hybridized carbons (Fsp3) is 0.174. The number of carbonyl (C=O) groups excluding carboxylic acids is 1. The second-order valence-corrected chi connectivity index (χ2v) is 7.23. The summed E-state index contributed by atoms with van der Waals surface area (Å²) in [5, 5.41) is 9.91. The average molecular weight is 419 g/mol. The van der Waals surface area contributed by atoms with E-state index in [0.29, 0.717) is 48.5 Å². The quantitative estimate of drug-likeness (QED) is 0.630. The second kappa shape index (κ2) is 8.85. The Kier molecular flexibility index (Phi) is 5.82. The van der Waals surface area contributed by atoms with Gasteiger partial charge in [0, 0.05) is 32.3 Å². The van der Waals surface area contributed by atoms with Crippen LogP contribution < -0.4 is 4.90 Å². The van der Waals surface area contributed by atoms with Crippen molar-refractivity contribution in [2.75, 3.05) is 31.1 Å². The van der Waals surface area contributed by atoms with E-state index < -0.39 is 0 Å². The molecule has 3 aromatic rings. The highest BCUT2D eigenvalue weighted by molar-refractivity contribution is 6.33. The Balaban J connectivity index is 1.45. The highest BCUT2D eigenvalue weighted by atomic mass is 35.5. The summed E-state index contributed by atoms with van der Waals surface area (Å²) >= 11 is 6.16. The van der Waals surface area contributed by atoms with Gasteiger partial charge in [-0.3, -0.25) is 4.79 Å². The van der Waals surface area contributed by atoms with Crippen LogP contribution in [0.5, 0.6) is 0 Å². The fourth-order valence-electron chi connectivity index (χ4n) is 3.34. The average Bonchev–Trinajstić information content (AvgIpc) is 3.22. The maximum atomic E-state index is 12.7. The first-order valence-electron chi connectivity index (χ1n) is 9.58. The molecule has 7 heteroatoms. The van der Waals surface area contributed by atoms with E-state index >= 15 is 0 Å². The predicted octanol–water partition coefficient (Wildman–Crippen LogP) is 4.33. The number of anilines is 1. The van der Waals surface area contributed by atoms with Crippen molar-refractivity contribution in [3.05, 3.63) is 82.3 Å². The minimum absolute atomic E-state index is 0.0928. The second-order valence-electron chi connectivity index (χ2n) is 6.82. The first-order valence-corrected chi connectivity index (χ1v) is 9.96. The first kappa shape index (κ1) is 19.7. The molecule has 0 saturated carbocycles. The molecule has 1 fully saturated rings. The van der Waals surface area contributed by atoms with E-state index in [1.54, 1.807) is 35.2 Å². The van der Waals surface area contributed by atoms with Crippen LogP contribution in [0.25, 0.3) is 12.2 Å². The third-order valence-corrected chi connectivity index (χ3v) is 5.24. The maximum absolute atomic E-state index is 12.7. The summed E-state index contributed by atoms with van der Waals surface area (Å²) in [5.41, 5.74) is 1.76. The van der Waals surface area contributed by atoms with E-state index in [9.17, 15) is 10.1 Å². The van der Waals surface area contributed by atoms with Crippen molar-refractivity contribution in [1.82, 2.24) is 9.88 Å². The molecule has 0 bridgehead atoms. The SMILES string of the molecule is N#Cc1nc(C=Cc2ccccc2)oc1N1CCN(C(=O)c2ccccc2Cl)CC1. The van der Waals surface area contributed by atoms with Gasteiger partial charge in [0.15, 0.2) is 0 Å². The molecular weight excluding hydrogens is 400 g/mol. The molecule has 30 heavy (non-hydrogen) atoms. The minimum Gasteiger partial charge on any atom is -0.420 e. The van der Waals surface area contributed by atoms with Gasteiger partial charge in [-0.1, -0.05) is 54.1 Å². The van der Waals surface area contributed by atoms with Crippen molar-refractivity contribution >= 4 is 35.5 Å². The number of carbonyl (C=O) groups is 1. The van der Waals surface area contributed by atoms with E-state index in [-0.39, 0.29) is 11.6 Å². The van der Waals surface area contributed by atoms with Gasteiger partial charge in [0.1, 0.15) is 6.07 Å². The van der Waals surface area contributed by atoms with Crippen LogP contribution in [0, 0.1) is 11.3 Å². The van der Waals surface area contributed by atoms with Crippen molar-refractivity contribution in [2.24, 2.45) is 0 Å². The van der Waals surface area contributed by atoms with E-state index in [1.807, 2.05) is 41.3 Å². The number of amides is 1. The zero-order valence-electron chi connectivity index (χ0n) is 16.2. The number of rotatable bonds is 4. The summed E-state index contributed by atoms with van der Waals surface area (Å²) < 4.78 is 5.85. The van der Waals surface area contributed by atoms with Gasteiger partial charge in [-0.25, -0.2) is 0 Å². The molecule has 1 aromatic heterocycles. The molecule has 1 aliphatic rings. The van der Waals surface area contributed by atoms with Crippen LogP contribution in [0.4, 0.5) is 5.88 Å². The van der Waals surface area contributed by atoms with Crippen molar-refractivity contribution in [3.8, 4) is 6.07 Å². The van der Waals surface area contributed by atoms with Crippen LogP contribution >= 0.6 is 11.6 Å². The smallest absolute Gasteiger partial charge is 0.255 e. The number of oxazole rings is 1. The molecule has 0 aliphatic carbocycles. The van der Waals surface area contributed by atoms with Crippen LogP contribution in [0.1, 0.15) is 27.5 Å². The van der Waals surface area contributed by atoms with Crippen LogP contribution in [-0.4, -0.2) is 42.0 Å². The minimum atomic E-state index is -0.0928. The lowest BCUT2D eigenvalue weighted by Gasteiger charge is -2.34. The van der Waals surface area contributed by atoms with E-state index in [1.165, 1.54) is 0 Å². The Morgan fingerprint density at radius 1 is 1.03 bits per heavy atom. The largest absolute Gasteiger partial charge is 0.420 e. The number of hydrogen-bond donors (Lipinski definition) is 0. The van der Waals surface area contributed by atoms with Crippen LogP contribution in [0.2, 0.25) is 5.02 Å². The summed E-state index contributed by atoms with van der Waals surface area (Å²) in [4.78, 5) is 20.7. The number of benzene rings is 2. The lowest BCUT2D eigenvalue weighted by Crippen LogP contribution is -2.49. The van der Waals surface area contributed by atoms with Crippen molar-refractivity contribution in [3.63, 3.8) is 0 Å². The predicted molar refractivity (Wildman–Crippen MR) is 116 cm³/mol. The first-order chi connectivity index (χ1) is 14.7. The van der Waals surface area contributed by atoms with E-state index in [4.69, 9.17) is 16.0 Å². The van der Waals surface area contributed by atoms with Gasteiger partial charge in [-0.05, 0) is 23.8 Å². The van der Waals surface area contributed by atoms with Gasteiger partial charge in [0.25, 0.3) is 5.91 Å². The third kappa shape index (κ3) is 4.22. The summed E-state index contributed by atoms with van der Waals surface area (Å²) in [6.45, 7) is 2.10. The highest BCUT2D eigenvalue weighted by Gasteiger charge is 2.27. The molecule has 150 valence electrons. The Labute approximate surface area is 179 Å². The van der Waals surface area contributed by atoms with Gasteiger partial charge in [0.2, 0.25) is 17.5 Å². The number of halogens is 1. The zero-order chi connectivity index (χ0) is 20.9. The Morgan fingerprint density at radius 3 is 2.43 bits per heavy atom. The molecule has 0 N–H and O–H groups in total. The van der Waals surface area contributed by atoms with Gasteiger partial charge in [-0.15, -0.1) is 0 Å². The topological polar surface area (TPSA) is 73.4 Å². The van der Waals surface area contributed by atoms with Gasteiger partial charge in [-0.2, -0.15) is 10.2 Å². The van der Waals surface area contributed by atoms with E-state index in [2.05, 4.69) is 11.1 Å². The molecule has 0 unspecified atom stereocenters. The summed E-state index contributed by atoms with van der Waals surface area (Å²) in [5.74, 6) is 0.722. The van der Waals surface area contributed by atoms with Crippen LogP contribution in [-0.2, 0) is 0 Å². The molecule has 2 aromatic carbocycles. The van der Waals surface area contributed by atoms with Gasteiger partial charge >= 0.3 is 0 Å². The lowest BCUT2D eigenvalue weighted by molar-refractivity contribution is 0.0745. The summed E-state index contributed by atoms with van der Waals surface area (Å²) in [6.07, 6.45) is 3.63. The number of hydrogen-bond acceptors (Lipinski definition) is 5. The zero-order valence-corrected chi connectivity index (χ0v) is 16.9. The maximum Gasteiger partial charge on any atom is 0.255 e. The fourth-order valence-corrected chi connectivity index (χ4v) is 3.55. The Morgan fingerprint density at radius 2 is 1.73 bits per heavy atom. The number of nitriles is 1. The third-order valence-electron chi connectivity index (χ3n) is 4.91. The number of piperazine rings is 1. The highest BCUT2D eigenvalue weighted by Crippen LogP contribution is 2.25. The lowest BCUT2D eigenvalue weighted by atomic mass is 10.2. The molecule has 1 amide bonds. The molecule has 0 spiro atoms. The van der Waals surface area contributed by atoms with Crippen molar-refractivity contribution in [2.45, 2.75) is 0 Å². The van der Waals surface area contributed by atoms with Gasteiger partial charge in [0.05, 0.1) is 10.6 Å². The van der Waals surface area contributed by atoms with E-state index in [0.717, 1.165) is 5.56 Å². The number of nitrogens with zero attached hydrogens (tertiary/aromatic N) is 4. The standard InChI is InChI=1S/C23H19ClN4O2/c24-19-9-5-4-8-18(19)22(29)27-12-14-28(15-13-27)23-20(16-25)26-21(30-23)11-10-17-6-2-1-3-7-17/h1-11H,12-15H2. The Hall–Kier alpha value is -3.56. The molecule has 0 radical (unpaired) electrons. The van der Waals surface area contributed by atoms with Crippen molar-refractivity contribution < 1.29 is 9.21 Å². The molecule has 1 aliphatic heterocycles. The van der Waals surface area contributed by atoms with Crippen molar-refractivity contribution in [1.29, 1.82) is 5.26 Å². The summed E-state index contributed by atoms with van der Waals surface area (Å²) in [7, 11) is 0. The molecule has 6 nitrogen and oxygen atoms in total. The molecule has 4 rings (SSSR count). The Bertz CT molecular complexity index is 1110. The normalized spacial score (nSPS) is 14.1. The molecule has 2 heterocycles. The molecule has 0 atom stereocenters.